The Balaban J connectivity index is 2.89. The minimum Gasteiger partial charge on any atom is -0.481 e. The van der Waals surface area contributed by atoms with Gasteiger partial charge in [0, 0.05) is 5.92 Å². The van der Waals surface area contributed by atoms with Gasteiger partial charge in [0.05, 0.1) is 6.42 Å². The molecule has 0 heterocycles. The molecule has 0 bridgehead atoms. The van der Waals surface area contributed by atoms with Crippen molar-refractivity contribution in [3.8, 4) is 0 Å². The van der Waals surface area contributed by atoms with Crippen LogP contribution < -0.4 is 0 Å². The Morgan fingerprint density at radius 1 is 1.62 bits per heavy atom. The lowest BCUT2D eigenvalue weighted by atomic mass is 9.76. The average molecular weight is 182 g/mol. The first-order valence-electron chi connectivity index (χ1n) is 4.30. The number of hydrogen-bond donors (Lipinski definition) is 1. The van der Waals surface area contributed by atoms with Crippen molar-refractivity contribution >= 4 is 11.8 Å². The molecule has 72 valence electrons. The quantitative estimate of drug-likeness (QED) is 0.706. The van der Waals surface area contributed by atoms with Crippen molar-refractivity contribution < 1.29 is 14.7 Å². The summed E-state index contributed by atoms with van der Waals surface area (Å²) in [5, 5.41) is 8.63. The van der Waals surface area contributed by atoms with Crippen LogP contribution >= 0.6 is 0 Å². The second-order valence-electron chi connectivity index (χ2n) is 4.10. The van der Waals surface area contributed by atoms with Crippen LogP contribution in [0.1, 0.15) is 27.2 Å². The van der Waals surface area contributed by atoms with Gasteiger partial charge in [-0.05, 0) is 18.4 Å². The van der Waals surface area contributed by atoms with Crippen LogP contribution in [0.15, 0.2) is 11.6 Å². The van der Waals surface area contributed by atoms with Gasteiger partial charge in [-0.1, -0.05) is 19.4 Å². The number of rotatable bonds is 2. The first kappa shape index (κ1) is 9.96. The van der Waals surface area contributed by atoms with E-state index in [0.717, 1.165) is 5.57 Å². The predicted octanol–water partition coefficient (Wildman–Crippen LogP) is 1.63. The monoisotopic (exact) mass is 182 g/mol. The van der Waals surface area contributed by atoms with Gasteiger partial charge in [0.15, 0.2) is 5.78 Å². The fourth-order valence-corrected chi connectivity index (χ4v) is 1.66. The summed E-state index contributed by atoms with van der Waals surface area (Å²) in [7, 11) is 0. The number of carboxylic acids is 1. The number of aliphatic carboxylic acids is 1. The summed E-state index contributed by atoms with van der Waals surface area (Å²) in [6.07, 6.45) is 1.49. The molecule has 3 nitrogen and oxygen atoms in total. The van der Waals surface area contributed by atoms with Crippen molar-refractivity contribution in [2.75, 3.05) is 0 Å². The zero-order chi connectivity index (χ0) is 10.2. The van der Waals surface area contributed by atoms with Gasteiger partial charge in [0.2, 0.25) is 0 Å². The molecule has 0 aromatic heterocycles. The number of ketones is 1. The van der Waals surface area contributed by atoms with E-state index in [1.54, 1.807) is 6.08 Å². The van der Waals surface area contributed by atoms with Gasteiger partial charge in [-0.25, -0.2) is 0 Å². The molecule has 1 N–H and O–H groups in total. The zero-order valence-electron chi connectivity index (χ0n) is 8.13. The molecule has 1 aliphatic carbocycles. The fraction of sp³-hybridized carbons (Fsp3) is 0.600. The van der Waals surface area contributed by atoms with E-state index in [2.05, 4.69) is 0 Å². The van der Waals surface area contributed by atoms with Crippen LogP contribution in [0.5, 0.6) is 0 Å². The molecule has 0 amide bonds. The standard InChI is InChI=1S/C10H14O3/c1-6-4-8(11)7(5-9(12)13)10(6,2)3/h4,7H,5H2,1-3H3,(H,12,13). The maximum absolute atomic E-state index is 11.4. The van der Waals surface area contributed by atoms with Crippen molar-refractivity contribution in [1.29, 1.82) is 0 Å². The molecule has 0 saturated heterocycles. The molecule has 1 aliphatic rings. The van der Waals surface area contributed by atoms with Crippen molar-refractivity contribution in [1.82, 2.24) is 0 Å². The minimum atomic E-state index is -0.908. The lowest BCUT2D eigenvalue weighted by Gasteiger charge is -2.26. The number of carbonyl (C=O) groups is 2. The van der Waals surface area contributed by atoms with Gasteiger partial charge in [0.1, 0.15) is 0 Å². The number of carboxylic acid groups (broad SMARTS) is 1. The third kappa shape index (κ3) is 1.64. The average Bonchev–Trinajstić information content (AvgIpc) is 2.13. The van der Waals surface area contributed by atoms with Crippen molar-refractivity contribution in [3.63, 3.8) is 0 Å². The Bertz CT molecular complexity index is 287. The maximum atomic E-state index is 11.4. The normalized spacial score (nSPS) is 25.9. The van der Waals surface area contributed by atoms with E-state index in [-0.39, 0.29) is 23.5 Å². The first-order chi connectivity index (χ1) is 5.85. The molecule has 0 fully saturated rings. The fourth-order valence-electron chi connectivity index (χ4n) is 1.66. The predicted molar refractivity (Wildman–Crippen MR) is 48.3 cm³/mol. The van der Waals surface area contributed by atoms with Crippen LogP contribution in [0.4, 0.5) is 0 Å². The Morgan fingerprint density at radius 2 is 2.15 bits per heavy atom. The summed E-state index contributed by atoms with van der Waals surface area (Å²) in [6, 6.07) is 0. The largest absolute Gasteiger partial charge is 0.481 e. The molecule has 0 aromatic rings. The van der Waals surface area contributed by atoms with Gasteiger partial charge < -0.3 is 5.11 Å². The first-order valence-corrected chi connectivity index (χ1v) is 4.30. The third-order valence-electron chi connectivity index (χ3n) is 2.97. The maximum Gasteiger partial charge on any atom is 0.304 e. The summed E-state index contributed by atoms with van der Waals surface area (Å²) in [6.45, 7) is 5.70. The van der Waals surface area contributed by atoms with Crippen molar-refractivity contribution in [2.24, 2.45) is 11.3 Å². The Labute approximate surface area is 77.4 Å². The van der Waals surface area contributed by atoms with E-state index in [1.165, 1.54) is 0 Å². The highest BCUT2D eigenvalue weighted by atomic mass is 16.4. The third-order valence-corrected chi connectivity index (χ3v) is 2.97. The minimum absolute atomic E-state index is 0.0510. The van der Waals surface area contributed by atoms with Crippen LogP contribution in [0.3, 0.4) is 0 Å². The van der Waals surface area contributed by atoms with Gasteiger partial charge in [-0.15, -0.1) is 0 Å². The summed E-state index contributed by atoms with van der Waals surface area (Å²) in [5.41, 5.74) is 0.680. The topological polar surface area (TPSA) is 54.4 Å². The second kappa shape index (κ2) is 2.98. The lowest BCUT2D eigenvalue weighted by Crippen LogP contribution is -2.27. The molecule has 0 saturated carbocycles. The second-order valence-corrected chi connectivity index (χ2v) is 4.10. The molecular formula is C10H14O3. The van der Waals surface area contributed by atoms with E-state index in [1.807, 2.05) is 20.8 Å². The molecule has 13 heavy (non-hydrogen) atoms. The van der Waals surface area contributed by atoms with Crippen molar-refractivity contribution in [3.05, 3.63) is 11.6 Å². The Hall–Kier alpha value is -1.12. The summed E-state index contributed by atoms with van der Waals surface area (Å²) >= 11 is 0. The highest BCUT2D eigenvalue weighted by Gasteiger charge is 2.41. The van der Waals surface area contributed by atoms with E-state index in [0.29, 0.717) is 0 Å². The van der Waals surface area contributed by atoms with Gasteiger partial charge in [0.25, 0.3) is 0 Å². The van der Waals surface area contributed by atoms with Crippen LogP contribution in [0.25, 0.3) is 0 Å². The number of carbonyl (C=O) groups excluding carboxylic acids is 1. The zero-order valence-corrected chi connectivity index (χ0v) is 8.13. The van der Waals surface area contributed by atoms with Crippen LogP contribution in [-0.2, 0) is 9.59 Å². The molecule has 3 heteroatoms. The van der Waals surface area contributed by atoms with E-state index < -0.39 is 5.97 Å². The Morgan fingerprint density at radius 3 is 2.46 bits per heavy atom. The van der Waals surface area contributed by atoms with Gasteiger partial charge >= 0.3 is 5.97 Å². The summed E-state index contributed by atoms with van der Waals surface area (Å²) < 4.78 is 0. The molecule has 0 spiro atoms. The van der Waals surface area contributed by atoms with Crippen LogP contribution in [-0.4, -0.2) is 16.9 Å². The van der Waals surface area contributed by atoms with Crippen LogP contribution in [0, 0.1) is 11.3 Å². The van der Waals surface area contributed by atoms with Crippen molar-refractivity contribution in [2.45, 2.75) is 27.2 Å². The smallest absolute Gasteiger partial charge is 0.304 e. The number of allylic oxidation sites excluding steroid dienone is 2. The highest BCUT2D eigenvalue weighted by Crippen LogP contribution is 2.42. The molecule has 1 rings (SSSR count). The molecule has 0 radical (unpaired) electrons. The van der Waals surface area contributed by atoms with E-state index in [4.69, 9.17) is 5.11 Å². The summed E-state index contributed by atoms with van der Waals surface area (Å²) in [4.78, 5) is 21.9. The summed E-state index contributed by atoms with van der Waals surface area (Å²) in [5.74, 6) is -1.34. The van der Waals surface area contributed by atoms with E-state index >= 15 is 0 Å². The van der Waals surface area contributed by atoms with Gasteiger partial charge in [-0.2, -0.15) is 0 Å². The highest BCUT2D eigenvalue weighted by molar-refractivity contribution is 5.98. The molecule has 0 aliphatic heterocycles. The number of hydrogen-bond acceptors (Lipinski definition) is 2. The van der Waals surface area contributed by atoms with E-state index in [9.17, 15) is 9.59 Å². The Kier molecular flexibility index (Phi) is 2.28. The van der Waals surface area contributed by atoms with Gasteiger partial charge in [-0.3, -0.25) is 9.59 Å². The SMILES string of the molecule is CC1=CC(=O)C(CC(=O)O)C1(C)C. The molecule has 1 atom stereocenters. The lowest BCUT2D eigenvalue weighted by molar-refractivity contribution is -0.141. The molecular weight excluding hydrogens is 168 g/mol. The van der Waals surface area contributed by atoms with Crippen LogP contribution in [0.2, 0.25) is 0 Å². The molecule has 0 aromatic carbocycles. The molecule has 1 unspecified atom stereocenters.